The van der Waals surface area contributed by atoms with Gasteiger partial charge in [-0.1, -0.05) is 20.8 Å². The van der Waals surface area contributed by atoms with E-state index in [4.69, 9.17) is 15.3 Å². The van der Waals surface area contributed by atoms with Crippen LogP contribution in [0.2, 0.25) is 0 Å². The molecule has 0 fully saturated rings. The minimum absolute atomic E-state index is 0. The van der Waals surface area contributed by atoms with Crippen molar-refractivity contribution in [2.45, 2.75) is 40.0 Å². The third kappa shape index (κ3) is 56.4. The summed E-state index contributed by atoms with van der Waals surface area (Å²) in [5, 5.41) is 23.6. The van der Waals surface area contributed by atoms with Gasteiger partial charge in [0.1, 0.15) is 0 Å². The van der Waals surface area contributed by atoms with Crippen molar-refractivity contribution in [1.82, 2.24) is 0 Å². The Hall–Kier alpha value is -0.0557. The molecule has 0 spiro atoms. The van der Waals surface area contributed by atoms with E-state index in [0.717, 1.165) is 19.3 Å². The second-order valence-corrected chi connectivity index (χ2v) is 3.13. The summed E-state index contributed by atoms with van der Waals surface area (Å²) in [7, 11) is 0. The maximum Gasteiger partial charge on any atom is 0.0428 e. The van der Waals surface area contributed by atoms with Gasteiger partial charge in [-0.05, 0) is 19.3 Å². The molecule has 0 bridgehead atoms. The van der Waals surface area contributed by atoms with Crippen molar-refractivity contribution in [3.63, 3.8) is 0 Å². The van der Waals surface area contributed by atoms with Gasteiger partial charge in [0.25, 0.3) is 0 Å². The molecule has 1 aromatic carbocycles. The van der Waals surface area contributed by atoms with Crippen molar-refractivity contribution in [3.8, 4) is 0 Å². The molecule has 0 unspecified atom stereocenters. The van der Waals surface area contributed by atoms with Crippen molar-refractivity contribution < 1.29 is 37.0 Å². The zero-order valence-electron chi connectivity index (χ0n) is 12.0. The van der Waals surface area contributed by atoms with Crippen LogP contribution >= 0.6 is 0 Å². The zero-order valence-corrected chi connectivity index (χ0v) is 13.5. The van der Waals surface area contributed by atoms with E-state index >= 15 is 0 Å². The normalized spacial score (nSPS) is 7.22. The molecule has 0 aromatic heterocycles. The summed E-state index contributed by atoms with van der Waals surface area (Å²) in [5.74, 6) is 0. The van der Waals surface area contributed by atoms with Crippen molar-refractivity contribution in [2.75, 3.05) is 19.8 Å². The fourth-order valence-corrected chi connectivity index (χ4v) is 0.321. The molecular formula is C14H29O3Ti-. The fraction of sp³-hybridized carbons (Fsp3) is 0.643. The predicted molar refractivity (Wildman–Crippen MR) is 74.2 cm³/mol. The Bertz CT molecular complexity index is 123. The molecule has 0 atom stereocenters. The average Bonchev–Trinajstić information content (AvgIpc) is 2.98. The maximum atomic E-state index is 7.88. The largest absolute Gasteiger partial charge is 0.396 e. The van der Waals surface area contributed by atoms with Gasteiger partial charge in [-0.15, -0.1) is 0 Å². The molecule has 0 radical (unpaired) electrons. The van der Waals surface area contributed by atoms with Crippen LogP contribution in [0, 0.1) is 0 Å². The Morgan fingerprint density at radius 1 is 0.722 bits per heavy atom. The Morgan fingerprint density at radius 3 is 1.00 bits per heavy atom. The number of aliphatic hydroxyl groups is 3. The molecule has 0 aliphatic rings. The van der Waals surface area contributed by atoms with Gasteiger partial charge in [0.05, 0.1) is 0 Å². The molecule has 0 saturated carbocycles. The summed E-state index contributed by atoms with van der Waals surface area (Å²) in [6.45, 7) is 6.75. The molecule has 1 aromatic rings. The molecule has 0 aliphatic heterocycles. The molecule has 4 heteroatoms. The van der Waals surface area contributed by atoms with E-state index < -0.39 is 0 Å². The molecule has 0 aliphatic carbocycles. The predicted octanol–water partition coefficient (Wildman–Crippen LogP) is 2.57. The first-order valence-electron chi connectivity index (χ1n) is 6.24. The van der Waals surface area contributed by atoms with E-state index in [9.17, 15) is 0 Å². The van der Waals surface area contributed by atoms with E-state index in [2.05, 4.69) is 0 Å². The smallest absolute Gasteiger partial charge is 0.0428 e. The van der Waals surface area contributed by atoms with Gasteiger partial charge in [-0.25, -0.2) is 12.1 Å². The summed E-state index contributed by atoms with van der Waals surface area (Å²) in [4.78, 5) is 0. The van der Waals surface area contributed by atoms with Crippen molar-refractivity contribution >= 4 is 0 Å². The van der Waals surface area contributed by atoms with E-state index in [1.165, 1.54) is 0 Å². The Kier molecular flexibility index (Phi) is 52.9. The molecule has 0 heterocycles. The molecule has 3 nitrogen and oxygen atoms in total. The summed E-state index contributed by atoms with van der Waals surface area (Å²) in [5.41, 5.74) is 0. The molecule has 18 heavy (non-hydrogen) atoms. The standard InChI is InChI=1S/C5H5.3C3H8O.Ti/c1-2-4-5-3-1;3*1-2-3-4;/h1-5H;3*4H,2-3H2,1H3;/q-1;;;;. The van der Waals surface area contributed by atoms with Crippen LogP contribution in [-0.4, -0.2) is 35.1 Å². The first-order chi connectivity index (χ1) is 8.24. The minimum Gasteiger partial charge on any atom is -0.396 e. The monoisotopic (exact) mass is 293 g/mol. The number of aliphatic hydroxyl groups excluding tert-OH is 3. The second kappa shape index (κ2) is 36.0. The van der Waals surface area contributed by atoms with Crippen LogP contribution in [-0.2, 0) is 21.7 Å². The zero-order chi connectivity index (χ0) is 13.8. The van der Waals surface area contributed by atoms with E-state index in [1.54, 1.807) is 0 Å². The van der Waals surface area contributed by atoms with Crippen LogP contribution in [0.5, 0.6) is 0 Å². The van der Waals surface area contributed by atoms with Gasteiger partial charge >= 0.3 is 0 Å². The third-order valence-electron chi connectivity index (χ3n) is 1.23. The molecule has 1 rings (SSSR count). The molecule has 0 amide bonds. The van der Waals surface area contributed by atoms with Crippen molar-refractivity contribution in [2.24, 2.45) is 0 Å². The SMILES string of the molecule is CCCO.CCCO.CCCO.[Ti].c1cc[cH-]c1. The van der Waals surface area contributed by atoms with Gasteiger partial charge in [0.2, 0.25) is 0 Å². The van der Waals surface area contributed by atoms with Crippen LogP contribution in [0.1, 0.15) is 40.0 Å². The first kappa shape index (κ1) is 26.5. The maximum absolute atomic E-state index is 7.88. The summed E-state index contributed by atoms with van der Waals surface area (Å²) < 4.78 is 0. The Balaban J connectivity index is -0.0000000719. The fourth-order valence-electron chi connectivity index (χ4n) is 0.321. The minimum atomic E-state index is 0. The van der Waals surface area contributed by atoms with Crippen LogP contribution in [0.4, 0.5) is 0 Å². The Labute approximate surface area is 127 Å². The molecule has 108 valence electrons. The third-order valence-corrected chi connectivity index (χ3v) is 1.23. The molecule has 3 N–H and O–H groups in total. The Morgan fingerprint density at radius 2 is 0.944 bits per heavy atom. The topological polar surface area (TPSA) is 60.7 Å². The van der Waals surface area contributed by atoms with Gasteiger partial charge < -0.3 is 15.3 Å². The van der Waals surface area contributed by atoms with Crippen molar-refractivity contribution in [3.05, 3.63) is 30.3 Å². The number of hydrogen-bond acceptors (Lipinski definition) is 3. The number of rotatable bonds is 3. The average molecular weight is 293 g/mol. The van der Waals surface area contributed by atoms with Gasteiger partial charge in [-0.3, -0.25) is 0 Å². The van der Waals surface area contributed by atoms with E-state index in [1.807, 2.05) is 51.1 Å². The summed E-state index contributed by atoms with van der Waals surface area (Å²) in [6.07, 6.45) is 2.62. The first-order valence-corrected chi connectivity index (χ1v) is 6.24. The van der Waals surface area contributed by atoms with Gasteiger partial charge in [-0.2, -0.15) is 18.2 Å². The van der Waals surface area contributed by atoms with Gasteiger partial charge in [0.15, 0.2) is 0 Å². The quantitative estimate of drug-likeness (QED) is 0.593. The van der Waals surface area contributed by atoms with Crippen molar-refractivity contribution in [1.29, 1.82) is 0 Å². The van der Waals surface area contributed by atoms with E-state index in [-0.39, 0.29) is 21.7 Å². The molecule has 0 saturated heterocycles. The summed E-state index contributed by atoms with van der Waals surface area (Å²) in [6, 6.07) is 10.0. The summed E-state index contributed by atoms with van der Waals surface area (Å²) >= 11 is 0. The van der Waals surface area contributed by atoms with Crippen LogP contribution in [0.25, 0.3) is 0 Å². The van der Waals surface area contributed by atoms with Crippen LogP contribution < -0.4 is 0 Å². The molecular weight excluding hydrogens is 264 g/mol. The van der Waals surface area contributed by atoms with Crippen LogP contribution in [0.15, 0.2) is 30.3 Å². The number of hydrogen-bond donors (Lipinski definition) is 3. The van der Waals surface area contributed by atoms with E-state index in [0.29, 0.717) is 19.8 Å². The van der Waals surface area contributed by atoms with Crippen LogP contribution in [0.3, 0.4) is 0 Å². The van der Waals surface area contributed by atoms with Gasteiger partial charge in [0, 0.05) is 41.5 Å². The second-order valence-electron chi connectivity index (χ2n) is 3.13.